The second kappa shape index (κ2) is 5.94. The number of benzene rings is 2. The maximum absolute atomic E-state index is 6.05. The van der Waals surface area contributed by atoms with Crippen LogP contribution in [0.2, 0.25) is 5.02 Å². The van der Waals surface area contributed by atoms with Gasteiger partial charge in [-0.1, -0.05) is 51.8 Å². The highest BCUT2D eigenvalue weighted by Gasteiger charge is 2.08. The molecule has 0 aliphatic rings. The van der Waals surface area contributed by atoms with Gasteiger partial charge in [0.15, 0.2) is 0 Å². The summed E-state index contributed by atoms with van der Waals surface area (Å²) in [7, 11) is 0. The van der Waals surface area contributed by atoms with Crippen molar-refractivity contribution >= 4 is 39.3 Å². The topological polar surface area (TPSA) is 0 Å². The Labute approximate surface area is 120 Å². The molecule has 2 aromatic carbocycles. The van der Waals surface area contributed by atoms with E-state index in [-0.39, 0.29) is 0 Å². The van der Waals surface area contributed by atoms with Crippen molar-refractivity contribution in [2.24, 2.45) is 0 Å². The van der Waals surface area contributed by atoms with Gasteiger partial charge in [-0.2, -0.15) is 11.8 Å². The van der Waals surface area contributed by atoms with Crippen molar-refractivity contribution in [2.45, 2.75) is 5.75 Å². The highest BCUT2D eigenvalue weighted by atomic mass is 79.9. The largest absolute Gasteiger partial charge is 0.161 e. The van der Waals surface area contributed by atoms with Crippen molar-refractivity contribution in [2.75, 3.05) is 6.26 Å². The van der Waals surface area contributed by atoms with E-state index in [9.17, 15) is 0 Å². The number of thioether (sulfide) groups is 1. The van der Waals surface area contributed by atoms with Crippen LogP contribution in [0.3, 0.4) is 0 Å². The third-order valence-electron chi connectivity index (χ3n) is 2.54. The minimum Gasteiger partial charge on any atom is -0.161 e. The summed E-state index contributed by atoms with van der Waals surface area (Å²) >= 11 is 11.5. The maximum Gasteiger partial charge on any atom is 0.0412 e. The molecule has 0 nitrogen and oxygen atoms in total. The van der Waals surface area contributed by atoms with Gasteiger partial charge in [-0.3, -0.25) is 0 Å². The van der Waals surface area contributed by atoms with Crippen molar-refractivity contribution < 1.29 is 0 Å². The summed E-state index contributed by atoms with van der Waals surface area (Å²) in [5, 5.41) is 0.776. The molecule has 0 saturated carbocycles. The van der Waals surface area contributed by atoms with Gasteiger partial charge in [0, 0.05) is 15.2 Å². The van der Waals surface area contributed by atoms with Gasteiger partial charge in [0.1, 0.15) is 0 Å². The van der Waals surface area contributed by atoms with Crippen LogP contribution >= 0.6 is 39.3 Å². The van der Waals surface area contributed by atoms with Crippen molar-refractivity contribution in [1.29, 1.82) is 0 Å². The monoisotopic (exact) mass is 326 g/mol. The Morgan fingerprint density at radius 1 is 1.18 bits per heavy atom. The molecule has 17 heavy (non-hydrogen) atoms. The van der Waals surface area contributed by atoms with E-state index in [1.54, 1.807) is 0 Å². The summed E-state index contributed by atoms with van der Waals surface area (Å²) in [4.78, 5) is 0. The first-order chi connectivity index (χ1) is 8.22. The number of hydrogen-bond acceptors (Lipinski definition) is 1. The summed E-state index contributed by atoms with van der Waals surface area (Å²) < 4.78 is 1.16. The second-order valence-electron chi connectivity index (χ2n) is 3.71. The lowest BCUT2D eigenvalue weighted by Crippen LogP contribution is -1.89. The van der Waals surface area contributed by atoms with E-state index in [0.717, 1.165) is 15.2 Å². The van der Waals surface area contributed by atoms with Crippen LogP contribution in [-0.4, -0.2) is 6.26 Å². The van der Waals surface area contributed by atoms with Crippen molar-refractivity contribution in [3.63, 3.8) is 0 Å². The number of rotatable bonds is 3. The molecule has 0 amide bonds. The molecule has 0 saturated heterocycles. The molecule has 0 spiro atoms. The van der Waals surface area contributed by atoms with Crippen LogP contribution in [-0.2, 0) is 5.75 Å². The Balaban J connectivity index is 2.54. The number of halogens is 2. The van der Waals surface area contributed by atoms with Crippen LogP contribution in [0, 0.1) is 0 Å². The predicted molar refractivity (Wildman–Crippen MR) is 81.8 cm³/mol. The van der Waals surface area contributed by atoms with Crippen LogP contribution in [0.1, 0.15) is 5.56 Å². The van der Waals surface area contributed by atoms with Gasteiger partial charge in [-0.15, -0.1) is 0 Å². The molecule has 0 radical (unpaired) electrons. The van der Waals surface area contributed by atoms with Crippen LogP contribution in [0.15, 0.2) is 46.9 Å². The highest BCUT2D eigenvalue weighted by Crippen LogP contribution is 2.32. The normalized spacial score (nSPS) is 10.5. The molecule has 0 atom stereocenters. The summed E-state index contributed by atoms with van der Waals surface area (Å²) in [6.45, 7) is 0. The molecule has 0 unspecified atom stereocenters. The molecular weight excluding hydrogens is 316 g/mol. The summed E-state index contributed by atoms with van der Waals surface area (Å²) in [5.41, 5.74) is 3.74. The summed E-state index contributed by atoms with van der Waals surface area (Å²) in [6.07, 6.45) is 2.11. The van der Waals surface area contributed by atoms with Gasteiger partial charge >= 0.3 is 0 Å². The lowest BCUT2D eigenvalue weighted by molar-refractivity contribution is 1.38. The molecule has 0 fully saturated rings. The van der Waals surface area contributed by atoms with Crippen LogP contribution in [0.5, 0.6) is 0 Å². The summed E-state index contributed by atoms with van der Waals surface area (Å²) in [6, 6.07) is 14.3. The van der Waals surface area contributed by atoms with Crippen LogP contribution in [0.25, 0.3) is 11.1 Å². The molecule has 88 valence electrons. The third-order valence-corrected chi connectivity index (χ3v) is 4.10. The Morgan fingerprint density at radius 2 is 1.94 bits per heavy atom. The molecule has 0 bridgehead atoms. The van der Waals surface area contributed by atoms with E-state index >= 15 is 0 Å². The van der Waals surface area contributed by atoms with Crippen molar-refractivity contribution in [1.82, 2.24) is 0 Å². The van der Waals surface area contributed by atoms with Gasteiger partial charge in [0.25, 0.3) is 0 Å². The molecule has 2 aromatic rings. The standard InChI is InChI=1S/C14H12BrClS/c1-17-9-13-12(6-3-7-14(13)15)10-4-2-5-11(16)8-10/h2-8H,9H2,1H3. The van der Waals surface area contributed by atoms with Gasteiger partial charge in [-0.05, 0) is 41.1 Å². The molecular formula is C14H12BrClS. The molecule has 0 N–H and O–H groups in total. The fourth-order valence-corrected chi connectivity index (χ4v) is 3.26. The molecule has 0 heterocycles. The highest BCUT2D eigenvalue weighted by molar-refractivity contribution is 9.10. The average molecular weight is 328 g/mol. The lowest BCUT2D eigenvalue weighted by Gasteiger charge is -2.11. The SMILES string of the molecule is CSCc1c(Br)cccc1-c1cccc(Cl)c1. The fourth-order valence-electron chi connectivity index (χ4n) is 1.78. The fraction of sp³-hybridized carbons (Fsp3) is 0.143. The van der Waals surface area contributed by atoms with E-state index in [4.69, 9.17) is 11.6 Å². The summed E-state index contributed by atoms with van der Waals surface area (Å²) in [5.74, 6) is 0.989. The molecule has 2 rings (SSSR count). The minimum atomic E-state index is 0.776. The Bertz CT molecular complexity index is 525. The average Bonchev–Trinajstić information content (AvgIpc) is 2.32. The van der Waals surface area contributed by atoms with Crippen molar-refractivity contribution in [3.05, 3.63) is 57.5 Å². The first-order valence-corrected chi connectivity index (χ1v) is 7.81. The maximum atomic E-state index is 6.05. The van der Waals surface area contributed by atoms with E-state index in [2.05, 4.69) is 46.5 Å². The van der Waals surface area contributed by atoms with Gasteiger partial charge < -0.3 is 0 Å². The van der Waals surface area contributed by atoms with Crippen LogP contribution < -0.4 is 0 Å². The zero-order valence-corrected chi connectivity index (χ0v) is 12.6. The smallest absolute Gasteiger partial charge is 0.0412 e. The Kier molecular flexibility index (Phi) is 4.55. The van der Waals surface area contributed by atoms with E-state index in [1.807, 2.05) is 30.0 Å². The Morgan fingerprint density at radius 3 is 2.65 bits per heavy atom. The second-order valence-corrected chi connectivity index (χ2v) is 5.87. The Hall–Kier alpha value is -0.440. The van der Waals surface area contributed by atoms with E-state index in [1.165, 1.54) is 16.7 Å². The molecule has 0 aromatic heterocycles. The van der Waals surface area contributed by atoms with E-state index < -0.39 is 0 Å². The lowest BCUT2D eigenvalue weighted by atomic mass is 10.0. The molecule has 3 heteroatoms. The third kappa shape index (κ3) is 3.06. The number of hydrogen-bond donors (Lipinski definition) is 0. The quantitative estimate of drug-likeness (QED) is 0.703. The predicted octanol–water partition coefficient (Wildman–Crippen LogP) is 5.63. The van der Waals surface area contributed by atoms with Crippen molar-refractivity contribution in [3.8, 4) is 11.1 Å². The molecule has 0 aliphatic carbocycles. The van der Waals surface area contributed by atoms with Gasteiger partial charge in [0.05, 0.1) is 0 Å². The minimum absolute atomic E-state index is 0.776. The van der Waals surface area contributed by atoms with Gasteiger partial charge in [0.2, 0.25) is 0 Å². The van der Waals surface area contributed by atoms with Crippen LogP contribution in [0.4, 0.5) is 0 Å². The van der Waals surface area contributed by atoms with Gasteiger partial charge in [-0.25, -0.2) is 0 Å². The first-order valence-electron chi connectivity index (χ1n) is 5.24. The zero-order valence-electron chi connectivity index (χ0n) is 9.41. The molecule has 0 aliphatic heterocycles. The zero-order chi connectivity index (χ0) is 12.3. The van der Waals surface area contributed by atoms with E-state index in [0.29, 0.717) is 0 Å². The first kappa shape index (κ1) is 13.0.